The molecule has 7 heteroatoms. The number of rotatable bonds is 6. The molecule has 0 N–H and O–H groups in total. The lowest BCUT2D eigenvalue weighted by Gasteiger charge is -2.35. The molecule has 27 heavy (non-hydrogen) atoms. The number of likely N-dealkylation sites (N-methyl/N-ethyl adjacent to an activating group) is 1. The molecule has 2 heterocycles. The quantitative estimate of drug-likeness (QED) is 0.771. The summed E-state index contributed by atoms with van der Waals surface area (Å²) in [5, 5.41) is 0. The number of hydrogen-bond acceptors (Lipinski definition) is 5. The summed E-state index contributed by atoms with van der Waals surface area (Å²) >= 11 is 0. The van der Waals surface area contributed by atoms with Crippen molar-refractivity contribution in [3.63, 3.8) is 0 Å². The minimum atomic E-state index is -0.0726. The standard InChI is InChI=1S/C20H24N4O3/c1-22(13-16-7-9-21-10-8-16)14-19(25)23-11-12-24(20(26)15-23)17-3-5-18(27-2)6-4-17/h3-10H,11-15H2,1-2H3. The number of nitrogens with zero attached hydrogens (tertiary/aromatic N) is 4. The summed E-state index contributed by atoms with van der Waals surface area (Å²) < 4.78 is 5.15. The Morgan fingerprint density at radius 2 is 1.85 bits per heavy atom. The first kappa shape index (κ1) is 18.8. The molecule has 3 rings (SSSR count). The van der Waals surface area contributed by atoms with Gasteiger partial charge < -0.3 is 14.5 Å². The minimum absolute atomic E-state index is 0.0331. The Kier molecular flexibility index (Phi) is 6.03. The molecule has 0 spiro atoms. The molecule has 0 radical (unpaired) electrons. The Bertz CT molecular complexity index is 780. The third-order valence-corrected chi connectivity index (χ3v) is 4.56. The van der Waals surface area contributed by atoms with E-state index in [9.17, 15) is 9.59 Å². The van der Waals surface area contributed by atoms with Crippen LogP contribution in [0.2, 0.25) is 0 Å². The number of benzene rings is 1. The molecular formula is C20H24N4O3. The van der Waals surface area contributed by atoms with Gasteiger partial charge in [0.1, 0.15) is 12.3 Å². The topological polar surface area (TPSA) is 66.0 Å². The maximum Gasteiger partial charge on any atom is 0.246 e. The number of carbonyl (C=O) groups excluding carboxylic acids is 2. The Labute approximate surface area is 159 Å². The third kappa shape index (κ3) is 4.83. The van der Waals surface area contributed by atoms with Gasteiger partial charge in [0, 0.05) is 37.7 Å². The van der Waals surface area contributed by atoms with Crippen molar-refractivity contribution < 1.29 is 14.3 Å². The number of hydrogen-bond donors (Lipinski definition) is 0. The van der Waals surface area contributed by atoms with Crippen LogP contribution in [0.15, 0.2) is 48.8 Å². The lowest BCUT2D eigenvalue weighted by molar-refractivity contribution is -0.137. The van der Waals surface area contributed by atoms with Gasteiger partial charge in [-0.2, -0.15) is 0 Å². The zero-order valence-corrected chi connectivity index (χ0v) is 15.7. The molecule has 7 nitrogen and oxygen atoms in total. The summed E-state index contributed by atoms with van der Waals surface area (Å²) in [6.45, 7) is 2.06. The SMILES string of the molecule is COc1ccc(N2CCN(C(=O)CN(C)Cc3ccncc3)CC2=O)cc1. The van der Waals surface area contributed by atoms with E-state index < -0.39 is 0 Å². The summed E-state index contributed by atoms with van der Waals surface area (Å²) in [5.74, 6) is 0.642. The first-order valence-corrected chi connectivity index (χ1v) is 8.86. The van der Waals surface area contributed by atoms with Crippen molar-refractivity contribution in [1.29, 1.82) is 0 Å². The molecule has 1 saturated heterocycles. The second-order valence-electron chi connectivity index (χ2n) is 6.59. The molecule has 142 valence electrons. The number of anilines is 1. The lowest BCUT2D eigenvalue weighted by Crippen LogP contribution is -2.54. The van der Waals surface area contributed by atoms with Gasteiger partial charge in [0.25, 0.3) is 0 Å². The number of carbonyl (C=O) groups is 2. The Morgan fingerprint density at radius 1 is 1.15 bits per heavy atom. The van der Waals surface area contributed by atoms with Crippen LogP contribution in [0.25, 0.3) is 0 Å². The fraction of sp³-hybridized carbons (Fsp3) is 0.350. The Morgan fingerprint density at radius 3 is 2.48 bits per heavy atom. The Hall–Kier alpha value is -2.93. The van der Waals surface area contributed by atoms with Crippen molar-refractivity contribution in [3.05, 3.63) is 54.4 Å². The van der Waals surface area contributed by atoms with E-state index in [2.05, 4.69) is 4.98 Å². The highest BCUT2D eigenvalue weighted by molar-refractivity contribution is 5.98. The van der Waals surface area contributed by atoms with Crippen molar-refractivity contribution in [2.45, 2.75) is 6.54 Å². The molecule has 2 aromatic rings. The first-order valence-electron chi connectivity index (χ1n) is 8.86. The fourth-order valence-electron chi connectivity index (χ4n) is 3.11. The maximum absolute atomic E-state index is 12.6. The lowest BCUT2D eigenvalue weighted by atomic mass is 10.2. The van der Waals surface area contributed by atoms with Crippen LogP contribution < -0.4 is 9.64 Å². The van der Waals surface area contributed by atoms with Gasteiger partial charge in [-0.15, -0.1) is 0 Å². The van der Waals surface area contributed by atoms with Crippen LogP contribution in [0.4, 0.5) is 5.69 Å². The zero-order chi connectivity index (χ0) is 19.2. The molecule has 0 aliphatic carbocycles. The largest absolute Gasteiger partial charge is 0.497 e. The summed E-state index contributed by atoms with van der Waals surface area (Å²) in [6.07, 6.45) is 3.48. The molecule has 0 atom stereocenters. The maximum atomic E-state index is 12.6. The van der Waals surface area contributed by atoms with Gasteiger partial charge in [0.2, 0.25) is 11.8 Å². The summed E-state index contributed by atoms with van der Waals surface area (Å²) in [5.41, 5.74) is 1.92. The summed E-state index contributed by atoms with van der Waals surface area (Å²) in [6, 6.07) is 11.2. The predicted molar refractivity (Wildman–Crippen MR) is 102 cm³/mol. The molecule has 1 aromatic heterocycles. The van der Waals surface area contributed by atoms with Crippen molar-refractivity contribution in [1.82, 2.24) is 14.8 Å². The van der Waals surface area contributed by atoms with Crippen LogP contribution in [-0.2, 0) is 16.1 Å². The van der Waals surface area contributed by atoms with E-state index in [1.807, 2.05) is 48.3 Å². The fourth-order valence-corrected chi connectivity index (χ4v) is 3.11. The van der Waals surface area contributed by atoms with Crippen LogP contribution in [0.3, 0.4) is 0 Å². The number of aromatic nitrogens is 1. The summed E-state index contributed by atoms with van der Waals surface area (Å²) in [4.78, 5) is 34.4. The molecule has 1 aliphatic rings. The van der Waals surface area contributed by atoms with Gasteiger partial charge in [-0.05, 0) is 49.0 Å². The highest BCUT2D eigenvalue weighted by atomic mass is 16.5. The minimum Gasteiger partial charge on any atom is -0.497 e. The zero-order valence-electron chi connectivity index (χ0n) is 15.7. The molecule has 0 unspecified atom stereocenters. The van der Waals surface area contributed by atoms with Crippen LogP contribution >= 0.6 is 0 Å². The average molecular weight is 368 g/mol. The molecular weight excluding hydrogens is 344 g/mol. The molecule has 1 aliphatic heterocycles. The van der Waals surface area contributed by atoms with Gasteiger partial charge in [0.05, 0.1) is 13.7 Å². The number of piperazine rings is 1. The van der Waals surface area contributed by atoms with E-state index in [-0.39, 0.29) is 24.9 Å². The monoisotopic (exact) mass is 368 g/mol. The van der Waals surface area contributed by atoms with Crippen molar-refractivity contribution >= 4 is 17.5 Å². The molecule has 1 aromatic carbocycles. The predicted octanol–water partition coefficient (Wildman–Crippen LogP) is 1.40. The first-order chi connectivity index (χ1) is 13.1. The van der Waals surface area contributed by atoms with Crippen molar-refractivity contribution in [2.24, 2.45) is 0 Å². The Balaban J connectivity index is 1.53. The molecule has 0 saturated carbocycles. The second-order valence-corrected chi connectivity index (χ2v) is 6.59. The van der Waals surface area contributed by atoms with Crippen molar-refractivity contribution in [3.8, 4) is 5.75 Å². The normalized spacial score (nSPS) is 14.6. The van der Waals surface area contributed by atoms with Crippen LogP contribution in [0, 0.1) is 0 Å². The highest BCUT2D eigenvalue weighted by Crippen LogP contribution is 2.21. The smallest absolute Gasteiger partial charge is 0.246 e. The molecule has 0 bridgehead atoms. The van der Waals surface area contributed by atoms with Gasteiger partial charge in [-0.1, -0.05) is 0 Å². The van der Waals surface area contributed by atoms with E-state index in [4.69, 9.17) is 4.74 Å². The van der Waals surface area contributed by atoms with E-state index in [1.54, 1.807) is 29.3 Å². The number of ether oxygens (including phenoxy) is 1. The summed E-state index contributed by atoms with van der Waals surface area (Å²) in [7, 11) is 3.50. The second kappa shape index (κ2) is 8.64. The van der Waals surface area contributed by atoms with E-state index in [0.717, 1.165) is 17.0 Å². The van der Waals surface area contributed by atoms with Crippen LogP contribution in [0.5, 0.6) is 5.75 Å². The van der Waals surface area contributed by atoms with E-state index >= 15 is 0 Å². The van der Waals surface area contributed by atoms with Gasteiger partial charge in [-0.3, -0.25) is 19.5 Å². The van der Waals surface area contributed by atoms with Gasteiger partial charge >= 0.3 is 0 Å². The van der Waals surface area contributed by atoms with Gasteiger partial charge in [-0.25, -0.2) is 0 Å². The van der Waals surface area contributed by atoms with Gasteiger partial charge in [0.15, 0.2) is 0 Å². The molecule has 2 amide bonds. The third-order valence-electron chi connectivity index (χ3n) is 4.56. The van der Waals surface area contributed by atoms with E-state index in [1.165, 1.54) is 0 Å². The molecule has 1 fully saturated rings. The van der Waals surface area contributed by atoms with E-state index in [0.29, 0.717) is 19.6 Å². The highest BCUT2D eigenvalue weighted by Gasteiger charge is 2.28. The van der Waals surface area contributed by atoms with Crippen molar-refractivity contribution in [2.75, 3.05) is 45.2 Å². The average Bonchev–Trinajstić information content (AvgIpc) is 2.68. The number of amides is 2. The van der Waals surface area contributed by atoms with Crippen LogP contribution in [-0.4, -0.2) is 66.9 Å². The number of methoxy groups -OCH3 is 1. The number of pyridine rings is 1. The van der Waals surface area contributed by atoms with Crippen LogP contribution in [0.1, 0.15) is 5.56 Å².